The summed E-state index contributed by atoms with van der Waals surface area (Å²) in [6, 6.07) is 8.30. The molecule has 3 aromatic heterocycles. The lowest BCUT2D eigenvalue weighted by Gasteiger charge is -2.28. The van der Waals surface area contributed by atoms with E-state index in [0.29, 0.717) is 30.1 Å². The number of para-hydroxylation sites is 1. The van der Waals surface area contributed by atoms with Crippen LogP contribution in [0.1, 0.15) is 35.2 Å². The zero-order valence-corrected chi connectivity index (χ0v) is 20.5. The number of aromatic amines is 2. The highest BCUT2D eigenvalue weighted by molar-refractivity contribution is 7.99. The molecule has 0 saturated heterocycles. The zero-order chi connectivity index (χ0) is 23.1. The maximum atomic E-state index is 13.0. The summed E-state index contributed by atoms with van der Waals surface area (Å²) < 4.78 is 0. The Kier molecular flexibility index (Phi) is 5.88. The number of fused-ring (bicyclic) bond motifs is 2. The molecule has 1 amide bonds. The van der Waals surface area contributed by atoms with Gasteiger partial charge in [0.1, 0.15) is 10.7 Å². The van der Waals surface area contributed by atoms with Gasteiger partial charge < -0.3 is 14.9 Å². The van der Waals surface area contributed by atoms with E-state index in [4.69, 9.17) is 0 Å². The molecular weight excluding hydrogens is 452 g/mol. The van der Waals surface area contributed by atoms with E-state index >= 15 is 0 Å². The number of thioether (sulfide) groups is 1. The molecule has 2 N–H and O–H groups in total. The normalized spacial score (nSPS) is 15.2. The van der Waals surface area contributed by atoms with Crippen LogP contribution in [-0.2, 0) is 10.5 Å². The van der Waals surface area contributed by atoms with Crippen LogP contribution in [0.2, 0.25) is 0 Å². The van der Waals surface area contributed by atoms with E-state index in [-0.39, 0.29) is 16.7 Å². The number of carbonyl (C=O) groups excluding carboxylic acids is 1. The van der Waals surface area contributed by atoms with Crippen LogP contribution in [0.3, 0.4) is 0 Å². The number of aromatic nitrogens is 3. The Bertz CT molecular complexity index is 1450. The lowest BCUT2D eigenvalue weighted by Crippen LogP contribution is -2.39. The van der Waals surface area contributed by atoms with Crippen molar-refractivity contribution < 1.29 is 4.79 Å². The molecule has 5 rings (SSSR count). The minimum Gasteiger partial charge on any atom is -0.361 e. The number of thiophene rings is 1. The third-order valence-corrected chi connectivity index (χ3v) is 8.60. The number of aryl methyl sites for hydroxylation is 2. The van der Waals surface area contributed by atoms with Crippen molar-refractivity contribution in [3.63, 3.8) is 0 Å². The number of benzene rings is 1. The predicted octanol–water partition coefficient (Wildman–Crippen LogP) is 5.02. The van der Waals surface area contributed by atoms with Crippen LogP contribution in [0.15, 0.2) is 41.3 Å². The molecule has 1 unspecified atom stereocenters. The summed E-state index contributed by atoms with van der Waals surface area (Å²) in [4.78, 5) is 40.2. The van der Waals surface area contributed by atoms with Crippen molar-refractivity contribution in [1.29, 1.82) is 0 Å². The molecule has 8 heteroatoms. The van der Waals surface area contributed by atoms with Gasteiger partial charge in [0.15, 0.2) is 0 Å². The summed E-state index contributed by atoms with van der Waals surface area (Å²) in [5.74, 6) is 1.25. The van der Waals surface area contributed by atoms with Crippen LogP contribution < -0.4 is 5.56 Å². The van der Waals surface area contributed by atoms with E-state index in [1.807, 2.05) is 31.7 Å². The smallest absolute Gasteiger partial charge is 0.259 e. The topological polar surface area (TPSA) is 81.8 Å². The lowest BCUT2D eigenvalue weighted by atomic mass is 9.99. The standard InChI is InChI=1S/C25H26N4O2S2/c1-14-15(2)33-24-22(14)23(30)27-21(28-24)13-32-16(3)25(31)29-10-8-17(9-11-29)19-12-26-20-7-5-4-6-18(19)20/h4-8,12,16,26H,9-11,13H2,1-3H3,(H,27,28,30). The predicted molar refractivity (Wildman–Crippen MR) is 138 cm³/mol. The minimum absolute atomic E-state index is 0.0950. The molecule has 1 aliphatic rings. The molecule has 170 valence electrons. The quantitative estimate of drug-likeness (QED) is 0.422. The van der Waals surface area contributed by atoms with Crippen molar-refractivity contribution in [2.45, 2.75) is 38.2 Å². The minimum atomic E-state index is -0.208. The first-order valence-electron chi connectivity index (χ1n) is 11.1. The first-order valence-corrected chi connectivity index (χ1v) is 12.9. The van der Waals surface area contributed by atoms with Crippen molar-refractivity contribution in [3.05, 3.63) is 68.7 Å². The lowest BCUT2D eigenvalue weighted by molar-refractivity contribution is -0.129. The van der Waals surface area contributed by atoms with Gasteiger partial charge in [0.2, 0.25) is 5.91 Å². The molecule has 33 heavy (non-hydrogen) atoms. The van der Waals surface area contributed by atoms with Gasteiger partial charge in [-0.25, -0.2) is 4.98 Å². The third kappa shape index (κ3) is 4.13. The van der Waals surface area contributed by atoms with E-state index in [1.54, 1.807) is 11.3 Å². The van der Waals surface area contributed by atoms with Gasteiger partial charge in [-0.15, -0.1) is 23.1 Å². The summed E-state index contributed by atoms with van der Waals surface area (Å²) in [6.45, 7) is 7.23. The molecule has 1 aliphatic heterocycles. The first-order chi connectivity index (χ1) is 15.9. The summed E-state index contributed by atoms with van der Waals surface area (Å²) in [5, 5.41) is 1.70. The summed E-state index contributed by atoms with van der Waals surface area (Å²) >= 11 is 3.06. The van der Waals surface area contributed by atoms with Crippen LogP contribution in [0.25, 0.3) is 26.7 Å². The Labute approximate surface area is 200 Å². The van der Waals surface area contributed by atoms with Gasteiger partial charge in [-0.05, 0) is 44.4 Å². The highest BCUT2D eigenvalue weighted by atomic mass is 32.2. The van der Waals surface area contributed by atoms with E-state index in [1.165, 1.54) is 28.3 Å². The highest BCUT2D eigenvalue weighted by Gasteiger charge is 2.24. The largest absolute Gasteiger partial charge is 0.361 e. The van der Waals surface area contributed by atoms with Crippen molar-refractivity contribution >= 4 is 55.7 Å². The van der Waals surface area contributed by atoms with Gasteiger partial charge in [-0.3, -0.25) is 9.59 Å². The van der Waals surface area contributed by atoms with Crippen LogP contribution in [0, 0.1) is 13.8 Å². The van der Waals surface area contributed by atoms with Crippen molar-refractivity contribution in [2.24, 2.45) is 0 Å². The maximum absolute atomic E-state index is 13.0. The van der Waals surface area contributed by atoms with E-state index < -0.39 is 0 Å². The second kappa shape index (κ2) is 8.83. The third-order valence-electron chi connectivity index (χ3n) is 6.36. The summed E-state index contributed by atoms with van der Waals surface area (Å²) in [6.07, 6.45) is 5.07. The summed E-state index contributed by atoms with van der Waals surface area (Å²) in [7, 11) is 0. The van der Waals surface area contributed by atoms with Gasteiger partial charge in [0.25, 0.3) is 5.56 Å². The molecule has 0 saturated carbocycles. The van der Waals surface area contributed by atoms with Crippen LogP contribution >= 0.6 is 23.1 Å². The number of rotatable bonds is 5. The highest BCUT2D eigenvalue weighted by Crippen LogP contribution is 2.30. The zero-order valence-electron chi connectivity index (χ0n) is 18.9. The number of H-pyrrole nitrogens is 2. The molecule has 1 aromatic carbocycles. The van der Waals surface area contributed by atoms with Gasteiger partial charge in [0.05, 0.1) is 16.4 Å². The number of nitrogens with one attached hydrogen (secondary N) is 2. The van der Waals surface area contributed by atoms with Crippen molar-refractivity contribution in [2.75, 3.05) is 13.1 Å². The van der Waals surface area contributed by atoms with Gasteiger partial charge >= 0.3 is 0 Å². The number of hydrogen-bond donors (Lipinski definition) is 2. The number of hydrogen-bond acceptors (Lipinski definition) is 5. The molecule has 0 bridgehead atoms. The molecule has 0 aliphatic carbocycles. The van der Waals surface area contributed by atoms with E-state index in [0.717, 1.165) is 27.2 Å². The molecule has 1 atom stereocenters. The monoisotopic (exact) mass is 478 g/mol. The fourth-order valence-corrected chi connectivity index (χ4v) is 6.24. The van der Waals surface area contributed by atoms with Crippen LogP contribution in [-0.4, -0.2) is 44.1 Å². The Morgan fingerprint density at radius 2 is 2.12 bits per heavy atom. The Balaban J connectivity index is 1.23. The average molecular weight is 479 g/mol. The Hall–Kier alpha value is -2.84. The molecule has 4 heterocycles. The molecule has 0 spiro atoms. The molecular formula is C25H26N4O2S2. The second-order valence-electron chi connectivity index (χ2n) is 8.44. The Morgan fingerprint density at radius 1 is 1.30 bits per heavy atom. The number of carbonyl (C=O) groups is 1. The Morgan fingerprint density at radius 3 is 2.91 bits per heavy atom. The molecule has 0 radical (unpaired) electrons. The van der Waals surface area contributed by atoms with E-state index in [2.05, 4.69) is 45.4 Å². The summed E-state index contributed by atoms with van der Waals surface area (Å²) in [5.41, 5.74) is 4.55. The van der Waals surface area contributed by atoms with Gasteiger partial charge in [0, 0.05) is 40.6 Å². The SMILES string of the molecule is Cc1sc2nc(CSC(C)C(=O)N3CC=C(c4c[nH]c5ccccc45)CC3)[nH]c(=O)c2c1C. The van der Waals surface area contributed by atoms with Crippen LogP contribution in [0.4, 0.5) is 0 Å². The number of amides is 1. The van der Waals surface area contributed by atoms with Gasteiger partial charge in [-0.2, -0.15) is 0 Å². The van der Waals surface area contributed by atoms with Gasteiger partial charge in [-0.1, -0.05) is 24.3 Å². The average Bonchev–Trinajstić information content (AvgIpc) is 3.38. The van der Waals surface area contributed by atoms with Crippen LogP contribution in [0.5, 0.6) is 0 Å². The fraction of sp³-hybridized carbons (Fsp3) is 0.320. The van der Waals surface area contributed by atoms with E-state index in [9.17, 15) is 9.59 Å². The molecule has 4 aromatic rings. The molecule has 0 fully saturated rings. The van der Waals surface area contributed by atoms with Crippen molar-refractivity contribution in [3.8, 4) is 0 Å². The second-order valence-corrected chi connectivity index (χ2v) is 11.0. The number of nitrogens with zero attached hydrogens (tertiary/aromatic N) is 2. The maximum Gasteiger partial charge on any atom is 0.259 e. The fourth-order valence-electron chi connectivity index (χ4n) is 4.35. The molecule has 6 nitrogen and oxygen atoms in total. The first kappa shape index (κ1) is 22.0. The van der Waals surface area contributed by atoms with Crippen molar-refractivity contribution in [1.82, 2.24) is 19.9 Å².